The maximum atomic E-state index is 5.85. The van der Waals surface area contributed by atoms with Crippen molar-refractivity contribution in [2.24, 2.45) is 0 Å². The first-order valence-corrected chi connectivity index (χ1v) is 8.17. The summed E-state index contributed by atoms with van der Waals surface area (Å²) in [5, 5.41) is 1.08. The second-order valence-corrected chi connectivity index (χ2v) is 5.78. The molecule has 0 unspecified atom stereocenters. The minimum atomic E-state index is 0. The van der Waals surface area contributed by atoms with Gasteiger partial charge in [-0.1, -0.05) is 31.2 Å². The van der Waals surface area contributed by atoms with Gasteiger partial charge in [0.2, 0.25) is 0 Å². The molecule has 0 aliphatic heterocycles. The zero-order chi connectivity index (χ0) is 17.2. The fourth-order valence-corrected chi connectivity index (χ4v) is 2.99. The van der Waals surface area contributed by atoms with Gasteiger partial charge in [-0.3, -0.25) is 0 Å². The van der Waals surface area contributed by atoms with Crippen LogP contribution in [0.25, 0.3) is 33.3 Å². The highest BCUT2D eigenvalue weighted by Gasteiger charge is 2.11. The number of hydrogen-bond donors (Lipinski definition) is 1. The van der Waals surface area contributed by atoms with Gasteiger partial charge in [0.25, 0.3) is 0 Å². The first-order chi connectivity index (χ1) is 12.3. The Balaban J connectivity index is 0.00000196. The van der Waals surface area contributed by atoms with Crippen LogP contribution in [0.15, 0.2) is 61.2 Å². The zero-order valence-electron chi connectivity index (χ0n) is 14.3. The van der Waals surface area contributed by atoms with Gasteiger partial charge in [0.15, 0.2) is 0 Å². The molecular weight excluding hydrogens is 346 g/mol. The van der Waals surface area contributed by atoms with Gasteiger partial charge in [0.05, 0.1) is 16.9 Å². The number of halogens is 1. The van der Waals surface area contributed by atoms with Crippen molar-refractivity contribution in [2.75, 3.05) is 5.73 Å². The standard InChI is InChI=1S/C20H17N5.ClH/c1-2-17-15(7-9-19(21)24-17)16-5-3-4-13-6-8-18(25-20(13)16)14-10-22-12-23-11-14;/h3-12H,2H2,1H3,(H2,21,24);1H. The summed E-state index contributed by atoms with van der Waals surface area (Å²) in [5.41, 5.74) is 11.6. The number of nitrogens with zero attached hydrogens (tertiary/aromatic N) is 4. The van der Waals surface area contributed by atoms with E-state index in [0.717, 1.165) is 45.4 Å². The first kappa shape index (κ1) is 17.8. The number of nitrogen functional groups attached to an aromatic ring is 1. The smallest absolute Gasteiger partial charge is 0.123 e. The summed E-state index contributed by atoms with van der Waals surface area (Å²) in [7, 11) is 0. The number of rotatable bonds is 3. The molecule has 3 aromatic heterocycles. The molecular formula is C20H18ClN5. The Hall–Kier alpha value is -3.05. The second kappa shape index (κ2) is 7.45. The van der Waals surface area contributed by atoms with Crippen molar-refractivity contribution in [3.63, 3.8) is 0 Å². The van der Waals surface area contributed by atoms with Crippen LogP contribution in [0.2, 0.25) is 0 Å². The molecule has 130 valence electrons. The Kier molecular flexibility index (Phi) is 5.09. The van der Waals surface area contributed by atoms with Gasteiger partial charge >= 0.3 is 0 Å². The molecule has 0 bridgehead atoms. The molecule has 0 aliphatic rings. The monoisotopic (exact) mass is 363 g/mol. The van der Waals surface area contributed by atoms with Crippen LogP contribution in [-0.2, 0) is 6.42 Å². The van der Waals surface area contributed by atoms with E-state index in [9.17, 15) is 0 Å². The SMILES string of the molecule is CCc1nc(N)ccc1-c1cccc2ccc(-c3cncnc3)nc12.Cl. The Morgan fingerprint density at radius 3 is 2.46 bits per heavy atom. The van der Waals surface area contributed by atoms with Gasteiger partial charge < -0.3 is 5.73 Å². The quantitative estimate of drug-likeness (QED) is 0.586. The lowest BCUT2D eigenvalue weighted by Crippen LogP contribution is -1.98. The lowest BCUT2D eigenvalue weighted by atomic mass is 9.99. The molecule has 0 amide bonds. The number of para-hydroxylation sites is 1. The van der Waals surface area contributed by atoms with E-state index < -0.39 is 0 Å². The van der Waals surface area contributed by atoms with Crippen molar-refractivity contribution in [2.45, 2.75) is 13.3 Å². The van der Waals surface area contributed by atoms with Crippen LogP contribution in [0.5, 0.6) is 0 Å². The zero-order valence-corrected chi connectivity index (χ0v) is 15.1. The molecule has 3 heterocycles. The normalized spacial score (nSPS) is 10.5. The predicted molar refractivity (Wildman–Crippen MR) is 107 cm³/mol. The van der Waals surface area contributed by atoms with E-state index in [4.69, 9.17) is 10.7 Å². The van der Waals surface area contributed by atoms with E-state index in [0.29, 0.717) is 5.82 Å². The average Bonchev–Trinajstić information content (AvgIpc) is 2.68. The maximum absolute atomic E-state index is 5.85. The van der Waals surface area contributed by atoms with E-state index in [1.165, 1.54) is 6.33 Å². The summed E-state index contributed by atoms with van der Waals surface area (Å²) in [6.07, 6.45) is 5.87. The van der Waals surface area contributed by atoms with Crippen LogP contribution in [0.4, 0.5) is 5.82 Å². The van der Waals surface area contributed by atoms with Crippen molar-refractivity contribution in [1.82, 2.24) is 19.9 Å². The molecule has 5 nitrogen and oxygen atoms in total. The van der Waals surface area contributed by atoms with Crippen LogP contribution in [-0.4, -0.2) is 19.9 Å². The van der Waals surface area contributed by atoms with Gasteiger partial charge in [-0.15, -0.1) is 12.4 Å². The molecule has 0 spiro atoms. The number of pyridine rings is 2. The molecule has 4 rings (SSSR count). The van der Waals surface area contributed by atoms with Crippen LogP contribution in [0, 0.1) is 0 Å². The fraction of sp³-hybridized carbons (Fsp3) is 0.100. The van der Waals surface area contributed by atoms with Crippen LogP contribution in [0.3, 0.4) is 0 Å². The third kappa shape index (κ3) is 3.21. The summed E-state index contributed by atoms with van der Waals surface area (Å²) in [6, 6.07) is 14.1. The lowest BCUT2D eigenvalue weighted by molar-refractivity contribution is 1.05. The third-order valence-electron chi connectivity index (χ3n) is 4.20. The van der Waals surface area contributed by atoms with Crippen LogP contribution in [0.1, 0.15) is 12.6 Å². The molecule has 0 radical (unpaired) electrons. The largest absolute Gasteiger partial charge is 0.384 e. The molecule has 26 heavy (non-hydrogen) atoms. The number of fused-ring (bicyclic) bond motifs is 1. The van der Waals surface area contributed by atoms with Gasteiger partial charge in [0, 0.05) is 34.5 Å². The minimum absolute atomic E-state index is 0. The Morgan fingerprint density at radius 1 is 0.885 bits per heavy atom. The van der Waals surface area contributed by atoms with Crippen molar-refractivity contribution in [3.8, 4) is 22.4 Å². The Bertz CT molecular complexity index is 1050. The predicted octanol–water partition coefficient (Wildman–Crippen LogP) is 4.32. The molecule has 0 fully saturated rings. The average molecular weight is 364 g/mol. The van der Waals surface area contributed by atoms with Crippen molar-refractivity contribution >= 4 is 29.1 Å². The van der Waals surface area contributed by atoms with Crippen LogP contribution >= 0.6 is 12.4 Å². The number of anilines is 1. The molecule has 1 aromatic carbocycles. The summed E-state index contributed by atoms with van der Waals surface area (Å²) in [4.78, 5) is 17.5. The van der Waals surface area contributed by atoms with Gasteiger partial charge in [-0.05, 0) is 24.6 Å². The highest BCUT2D eigenvalue weighted by molar-refractivity contribution is 5.95. The Morgan fingerprint density at radius 2 is 1.69 bits per heavy atom. The molecule has 4 aromatic rings. The maximum Gasteiger partial charge on any atom is 0.123 e. The van der Waals surface area contributed by atoms with Crippen LogP contribution < -0.4 is 5.73 Å². The number of aryl methyl sites for hydroxylation is 1. The number of aromatic nitrogens is 4. The topological polar surface area (TPSA) is 77.6 Å². The van der Waals surface area contributed by atoms with E-state index in [-0.39, 0.29) is 12.4 Å². The van der Waals surface area contributed by atoms with Gasteiger partial charge in [0.1, 0.15) is 12.1 Å². The second-order valence-electron chi connectivity index (χ2n) is 5.78. The van der Waals surface area contributed by atoms with Gasteiger partial charge in [-0.2, -0.15) is 0 Å². The third-order valence-corrected chi connectivity index (χ3v) is 4.20. The molecule has 0 atom stereocenters. The minimum Gasteiger partial charge on any atom is -0.384 e. The van der Waals surface area contributed by atoms with E-state index in [2.05, 4.69) is 40.1 Å². The number of nitrogens with two attached hydrogens (primary N) is 1. The van der Waals surface area contributed by atoms with E-state index >= 15 is 0 Å². The molecule has 0 saturated heterocycles. The lowest BCUT2D eigenvalue weighted by Gasteiger charge is -2.11. The number of hydrogen-bond acceptors (Lipinski definition) is 5. The molecule has 2 N–H and O–H groups in total. The molecule has 6 heteroatoms. The van der Waals surface area contributed by atoms with E-state index in [1.54, 1.807) is 12.4 Å². The highest BCUT2D eigenvalue weighted by Crippen LogP contribution is 2.31. The summed E-state index contributed by atoms with van der Waals surface area (Å²) in [5.74, 6) is 0.538. The number of benzene rings is 1. The molecule has 0 aliphatic carbocycles. The van der Waals surface area contributed by atoms with Crippen molar-refractivity contribution in [3.05, 3.63) is 66.9 Å². The summed E-state index contributed by atoms with van der Waals surface area (Å²) in [6.45, 7) is 2.08. The summed E-state index contributed by atoms with van der Waals surface area (Å²) >= 11 is 0. The Labute approximate surface area is 157 Å². The fourth-order valence-electron chi connectivity index (χ4n) is 2.99. The first-order valence-electron chi connectivity index (χ1n) is 8.17. The van der Waals surface area contributed by atoms with Crippen molar-refractivity contribution in [1.29, 1.82) is 0 Å². The molecule has 0 saturated carbocycles. The van der Waals surface area contributed by atoms with Gasteiger partial charge in [-0.25, -0.2) is 19.9 Å². The van der Waals surface area contributed by atoms with Crippen molar-refractivity contribution < 1.29 is 0 Å². The summed E-state index contributed by atoms with van der Waals surface area (Å²) < 4.78 is 0. The highest BCUT2D eigenvalue weighted by atomic mass is 35.5. The van der Waals surface area contributed by atoms with E-state index in [1.807, 2.05) is 24.3 Å².